The highest BCUT2D eigenvalue weighted by Crippen LogP contribution is 2.29. The molecular formula is C25H33N5O2. The Morgan fingerprint density at radius 1 is 1.06 bits per heavy atom. The quantitative estimate of drug-likeness (QED) is 0.480. The number of rotatable bonds is 10. The van der Waals surface area contributed by atoms with Gasteiger partial charge < -0.3 is 14.2 Å². The summed E-state index contributed by atoms with van der Waals surface area (Å²) in [5, 5.41) is 4.27. The van der Waals surface area contributed by atoms with Crippen LogP contribution in [0.4, 0.5) is 5.82 Å². The van der Waals surface area contributed by atoms with Crippen molar-refractivity contribution in [2.75, 3.05) is 57.8 Å². The molecule has 0 aliphatic carbocycles. The number of para-hydroxylation sites is 1. The number of hydrogen-bond acceptors (Lipinski definition) is 7. The maximum absolute atomic E-state index is 5.63. The summed E-state index contributed by atoms with van der Waals surface area (Å²) in [6.45, 7) is 10.4. The smallest absolute Gasteiger partial charge is 0.151 e. The molecule has 0 amide bonds. The van der Waals surface area contributed by atoms with Crippen molar-refractivity contribution in [1.29, 1.82) is 0 Å². The first-order valence-corrected chi connectivity index (χ1v) is 11.5. The van der Waals surface area contributed by atoms with Gasteiger partial charge in [-0.15, -0.1) is 0 Å². The maximum Gasteiger partial charge on any atom is 0.151 e. The molecular weight excluding hydrogens is 402 g/mol. The van der Waals surface area contributed by atoms with Crippen molar-refractivity contribution in [3.05, 3.63) is 60.5 Å². The van der Waals surface area contributed by atoms with E-state index >= 15 is 0 Å². The van der Waals surface area contributed by atoms with Gasteiger partial charge in [0.2, 0.25) is 0 Å². The van der Waals surface area contributed by atoms with Crippen LogP contribution in [0.3, 0.4) is 0 Å². The second kappa shape index (κ2) is 11.1. The van der Waals surface area contributed by atoms with Crippen LogP contribution in [0, 0.1) is 0 Å². The summed E-state index contributed by atoms with van der Waals surface area (Å²) in [5.41, 5.74) is 1.78. The average molecular weight is 436 g/mol. The summed E-state index contributed by atoms with van der Waals surface area (Å²) < 4.78 is 11.1. The molecule has 0 N–H and O–H groups in total. The molecule has 32 heavy (non-hydrogen) atoms. The molecule has 1 aliphatic rings. The van der Waals surface area contributed by atoms with Crippen LogP contribution in [0.2, 0.25) is 0 Å². The molecule has 1 saturated heterocycles. The minimum atomic E-state index is 0.770. The Hall–Kier alpha value is -2.90. The first-order valence-electron chi connectivity index (χ1n) is 11.5. The van der Waals surface area contributed by atoms with Gasteiger partial charge >= 0.3 is 0 Å². The van der Waals surface area contributed by atoms with Gasteiger partial charge in [-0.2, -0.15) is 0 Å². The number of anilines is 1. The fourth-order valence-corrected chi connectivity index (χ4v) is 4.20. The molecule has 3 aromatic rings. The number of ether oxygens (including phenoxy) is 1. The van der Waals surface area contributed by atoms with Crippen molar-refractivity contribution < 1.29 is 9.26 Å². The molecule has 1 aliphatic heterocycles. The summed E-state index contributed by atoms with van der Waals surface area (Å²) >= 11 is 0. The molecule has 3 heterocycles. The number of aromatic nitrogens is 2. The SMILES string of the molecule is CCN(CCCN1CCN(c2ccccn2)CC1)Cc1cc(-c2ccccc2OC)no1. The molecule has 170 valence electrons. The molecule has 0 unspecified atom stereocenters. The van der Waals surface area contributed by atoms with Crippen molar-refractivity contribution in [1.82, 2.24) is 19.9 Å². The fourth-order valence-electron chi connectivity index (χ4n) is 4.20. The minimum Gasteiger partial charge on any atom is -0.496 e. The lowest BCUT2D eigenvalue weighted by atomic mass is 10.1. The molecule has 1 fully saturated rings. The van der Waals surface area contributed by atoms with Crippen LogP contribution in [0.15, 0.2) is 59.3 Å². The summed E-state index contributed by atoms with van der Waals surface area (Å²) in [5.74, 6) is 2.78. The number of nitrogens with zero attached hydrogens (tertiary/aromatic N) is 5. The van der Waals surface area contributed by atoms with Crippen LogP contribution in [-0.4, -0.2) is 72.9 Å². The number of piperazine rings is 1. The van der Waals surface area contributed by atoms with E-state index in [1.807, 2.05) is 42.6 Å². The molecule has 0 bridgehead atoms. The van der Waals surface area contributed by atoms with Gasteiger partial charge in [-0.05, 0) is 50.3 Å². The van der Waals surface area contributed by atoms with Gasteiger partial charge in [0.15, 0.2) is 5.76 Å². The van der Waals surface area contributed by atoms with E-state index in [-0.39, 0.29) is 0 Å². The van der Waals surface area contributed by atoms with Crippen LogP contribution < -0.4 is 9.64 Å². The Labute approximate surface area is 190 Å². The van der Waals surface area contributed by atoms with Gasteiger partial charge in [-0.25, -0.2) is 4.98 Å². The number of benzene rings is 1. The van der Waals surface area contributed by atoms with Gasteiger partial charge in [0.05, 0.1) is 13.7 Å². The maximum atomic E-state index is 5.63. The van der Waals surface area contributed by atoms with E-state index in [0.29, 0.717) is 0 Å². The van der Waals surface area contributed by atoms with Crippen LogP contribution >= 0.6 is 0 Å². The van der Waals surface area contributed by atoms with E-state index in [2.05, 4.69) is 43.9 Å². The van der Waals surface area contributed by atoms with E-state index < -0.39 is 0 Å². The molecule has 0 atom stereocenters. The molecule has 1 aromatic carbocycles. The highest BCUT2D eigenvalue weighted by atomic mass is 16.5. The van der Waals surface area contributed by atoms with E-state index in [0.717, 1.165) is 87.4 Å². The third-order valence-electron chi connectivity index (χ3n) is 6.06. The monoisotopic (exact) mass is 435 g/mol. The molecule has 0 radical (unpaired) electrons. The number of pyridine rings is 1. The third-order valence-corrected chi connectivity index (χ3v) is 6.06. The molecule has 0 saturated carbocycles. The lowest BCUT2D eigenvalue weighted by Crippen LogP contribution is -2.47. The predicted molar refractivity (Wildman–Crippen MR) is 127 cm³/mol. The highest BCUT2D eigenvalue weighted by molar-refractivity contribution is 5.66. The van der Waals surface area contributed by atoms with Gasteiger partial charge in [-0.3, -0.25) is 9.80 Å². The van der Waals surface area contributed by atoms with Crippen LogP contribution in [0.25, 0.3) is 11.3 Å². The first kappa shape index (κ1) is 22.3. The van der Waals surface area contributed by atoms with E-state index in [4.69, 9.17) is 9.26 Å². The normalized spacial score (nSPS) is 14.8. The Morgan fingerprint density at radius 2 is 1.88 bits per heavy atom. The second-order valence-corrected chi connectivity index (χ2v) is 8.12. The van der Waals surface area contributed by atoms with E-state index in [1.165, 1.54) is 0 Å². The largest absolute Gasteiger partial charge is 0.496 e. The lowest BCUT2D eigenvalue weighted by Gasteiger charge is -2.35. The number of hydrogen-bond donors (Lipinski definition) is 0. The van der Waals surface area contributed by atoms with Gasteiger partial charge in [-0.1, -0.05) is 30.3 Å². The second-order valence-electron chi connectivity index (χ2n) is 8.12. The zero-order valence-electron chi connectivity index (χ0n) is 19.1. The molecule has 4 rings (SSSR count). The van der Waals surface area contributed by atoms with Crippen molar-refractivity contribution in [2.45, 2.75) is 19.9 Å². The zero-order chi connectivity index (χ0) is 22.2. The van der Waals surface area contributed by atoms with Gasteiger partial charge in [0, 0.05) is 44.0 Å². The summed E-state index contributed by atoms with van der Waals surface area (Å²) in [7, 11) is 1.68. The summed E-state index contributed by atoms with van der Waals surface area (Å²) in [4.78, 5) is 11.8. The molecule has 0 spiro atoms. The number of methoxy groups -OCH3 is 1. The predicted octanol–water partition coefficient (Wildman–Crippen LogP) is 3.78. The average Bonchev–Trinajstić information content (AvgIpc) is 3.32. The summed E-state index contributed by atoms with van der Waals surface area (Å²) in [6, 6.07) is 16.0. The third kappa shape index (κ3) is 5.66. The van der Waals surface area contributed by atoms with E-state index in [1.54, 1.807) is 7.11 Å². The van der Waals surface area contributed by atoms with Crippen LogP contribution in [-0.2, 0) is 6.54 Å². The van der Waals surface area contributed by atoms with E-state index in [9.17, 15) is 0 Å². The Bertz CT molecular complexity index is 954. The Kier molecular flexibility index (Phi) is 7.74. The Morgan fingerprint density at radius 3 is 2.62 bits per heavy atom. The molecule has 2 aromatic heterocycles. The standard InChI is InChI=1S/C25H33N5O2/c1-3-28(20-21-19-23(27-32-21)22-9-4-5-10-24(22)31-2)13-8-14-29-15-17-30(18-16-29)25-11-6-7-12-26-25/h4-7,9-12,19H,3,8,13-18,20H2,1-2H3. The highest BCUT2D eigenvalue weighted by Gasteiger charge is 2.18. The van der Waals surface area contributed by atoms with Gasteiger partial charge in [0.1, 0.15) is 17.3 Å². The first-order chi connectivity index (χ1) is 15.8. The topological polar surface area (TPSA) is 57.9 Å². The lowest BCUT2D eigenvalue weighted by molar-refractivity contribution is 0.206. The van der Waals surface area contributed by atoms with Crippen molar-refractivity contribution in [3.8, 4) is 17.0 Å². The summed E-state index contributed by atoms with van der Waals surface area (Å²) in [6.07, 6.45) is 3.01. The molecule has 7 heteroatoms. The fraction of sp³-hybridized carbons (Fsp3) is 0.440. The zero-order valence-corrected chi connectivity index (χ0v) is 19.1. The minimum absolute atomic E-state index is 0.770. The Balaban J connectivity index is 1.22. The van der Waals surface area contributed by atoms with Crippen LogP contribution in [0.1, 0.15) is 19.1 Å². The van der Waals surface area contributed by atoms with Gasteiger partial charge in [0.25, 0.3) is 0 Å². The van der Waals surface area contributed by atoms with Crippen molar-refractivity contribution in [3.63, 3.8) is 0 Å². The van der Waals surface area contributed by atoms with Crippen molar-refractivity contribution in [2.24, 2.45) is 0 Å². The van der Waals surface area contributed by atoms with Crippen LogP contribution in [0.5, 0.6) is 5.75 Å². The van der Waals surface area contributed by atoms with Crippen molar-refractivity contribution >= 4 is 5.82 Å². The molecule has 7 nitrogen and oxygen atoms in total.